The van der Waals surface area contributed by atoms with E-state index in [0.717, 1.165) is 17.8 Å². The quantitative estimate of drug-likeness (QED) is 0.418. The first-order valence-corrected chi connectivity index (χ1v) is 11.8. The van der Waals surface area contributed by atoms with E-state index in [4.69, 9.17) is 0 Å². The molecule has 0 rings (SSSR count). The second-order valence-electron chi connectivity index (χ2n) is 5.54. The number of rotatable bonds is 6. The van der Waals surface area contributed by atoms with Crippen LogP contribution in [0.1, 0.15) is 41.5 Å². The summed E-state index contributed by atoms with van der Waals surface area (Å²) in [7, 11) is 0. The Morgan fingerprint density at radius 1 is 0.643 bits per heavy atom. The molecule has 0 nitrogen and oxygen atoms in total. The Morgan fingerprint density at radius 2 is 0.857 bits per heavy atom. The van der Waals surface area contributed by atoms with Gasteiger partial charge in [-0.25, -0.2) is 0 Å². The van der Waals surface area contributed by atoms with Gasteiger partial charge in [0.2, 0.25) is 0 Å². The number of halogens is 1. The monoisotopic (exact) mass is 419 g/mol. The van der Waals surface area contributed by atoms with Gasteiger partial charge in [0.1, 0.15) is 0 Å². The molecular weight excluding hydrogens is 390 g/mol. The second-order valence-corrected chi connectivity index (χ2v) is 13.3. The summed E-state index contributed by atoms with van der Waals surface area (Å²) in [6.45, 7) is 14.3. The van der Waals surface area contributed by atoms with Crippen LogP contribution in [0.2, 0.25) is 13.3 Å². The van der Waals surface area contributed by atoms with E-state index in [2.05, 4.69) is 41.5 Å². The van der Waals surface area contributed by atoms with Crippen LogP contribution in [-0.2, 0) is 0 Å². The van der Waals surface area contributed by atoms with Crippen molar-refractivity contribution in [1.29, 1.82) is 0 Å². The maximum absolute atomic E-state index is 2.39. The largest absolute Gasteiger partial charge is 0.107 e. The van der Waals surface area contributed by atoms with Crippen molar-refractivity contribution in [3.8, 4) is 0 Å². The minimum absolute atomic E-state index is 0. The minimum atomic E-state index is -0.976. The van der Waals surface area contributed by atoms with Crippen molar-refractivity contribution in [2.45, 2.75) is 54.9 Å². The van der Waals surface area contributed by atoms with Gasteiger partial charge in [-0.2, -0.15) is 0 Å². The van der Waals surface area contributed by atoms with E-state index in [9.17, 15) is 0 Å². The van der Waals surface area contributed by atoms with Crippen LogP contribution in [0.3, 0.4) is 0 Å². The topological polar surface area (TPSA) is 0 Å². The predicted octanol–water partition coefficient (Wildman–Crippen LogP) is 5.07. The van der Waals surface area contributed by atoms with Gasteiger partial charge in [0.15, 0.2) is 0 Å². The fourth-order valence-corrected chi connectivity index (χ4v) is 13.3. The summed E-state index contributed by atoms with van der Waals surface area (Å²) in [4.78, 5) is 0. The maximum Gasteiger partial charge on any atom is -0.107 e. The van der Waals surface area contributed by atoms with Crippen LogP contribution < -0.4 is 0 Å². The summed E-state index contributed by atoms with van der Waals surface area (Å²) in [5.41, 5.74) is 0. The van der Waals surface area contributed by atoms with Crippen LogP contribution in [0.15, 0.2) is 0 Å². The molecule has 0 aromatic rings. The van der Waals surface area contributed by atoms with E-state index >= 15 is 0 Å². The molecule has 0 atom stereocenters. The average molecular weight is 418 g/mol. The van der Waals surface area contributed by atoms with Crippen LogP contribution in [0.4, 0.5) is 0 Å². The first kappa shape index (κ1) is 17.9. The van der Waals surface area contributed by atoms with Crippen molar-refractivity contribution >= 4 is 43.7 Å². The molecule has 0 heterocycles. The summed E-state index contributed by atoms with van der Waals surface area (Å²) in [6, 6.07) is 0. The molecule has 0 unspecified atom stereocenters. The van der Waals surface area contributed by atoms with E-state index in [-0.39, 0.29) is 24.0 Å². The molecule has 0 saturated carbocycles. The predicted molar refractivity (Wildman–Crippen MR) is 80.1 cm³/mol. The van der Waals surface area contributed by atoms with Gasteiger partial charge in [-0.1, -0.05) is 0 Å². The molecule has 0 spiro atoms. The average Bonchev–Trinajstić information content (AvgIpc) is 1.80. The van der Waals surface area contributed by atoms with Gasteiger partial charge in [-0.15, -0.1) is 24.0 Å². The Kier molecular flexibility index (Phi) is 12.5. The van der Waals surface area contributed by atoms with Crippen molar-refractivity contribution in [1.82, 2.24) is 0 Å². The van der Waals surface area contributed by atoms with Gasteiger partial charge in [0, 0.05) is 0 Å². The van der Waals surface area contributed by atoms with Gasteiger partial charge < -0.3 is 0 Å². The summed E-state index contributed by atoms with van der Waals surface area (Å²) < 4.78 is 4.83. The fraction of sp³-hybridized carbons (Fsp3) is 1.00. The van der Waals surface area contributed by atoms with Crippen LogP contribution in [0.5, 0.6) is 0 Å². The summed E-state index contributed by atoms with van der Waals surface area (Å²) in [6.07, 6.45) is 0. The normalized spacial score (nSPS) is 11.6. The van der Waals surface area contributed by atoms with E-state index in [1.54, 1.807) is 13.3 Å². The standard InChI is InChI=1S/3C4H9.HI.Sn/c3*1-4(2)3;;/h3*4H,1H2,2-3H3;1H;. The van der Waals surface area contributed by atoms with Gasteiger partial charge in [0.25, 0.3) is 0 Å². The van der Waals surface area contributed by atoms with Crippen LogP contribution in [0.25, 0.3) is 0 Å². The van der Waals surface area contributed by atoms with Gasteiger partial charge in [-0.3, -0.25) is 0 Å². The molecule has 0 bridgehead atoms. The maximum atomic E-state index is 2.39. The van der Waals surface area contributed by atoms with Gasteiger partial charge >= 0.3 is 92.4 Å². The molecule has 0 aromatic carbocycles. The van der Waals surface area contributed by atoms with Crippen molar-refractivity contribution < 1.29 is 0 Å². The first-order chi connectivity index (χ1) is 5.91. The molecule has 0 amide bonds. The Labute approximate surface area is 115 Å². The SMILES string of the molecule is CC(C)[CH2][Sn]([CH2]C(C)C)[CH2]C(C)C.I. The molecule has 0 aliphatic carbocycles. The summed E-state index contributed by atoms with van der Waals surface area (Å²) >= 11 is -0.976. The molecular formula is C12H28ISn. The van der Waals surface area contributed by atoms with E-state index in [0.29, 0.717) is 0 Å². The Bertz CT molecular complexity index is 97.7. The molecule has 0 aromatic heterocycles. The zero-order valence-corrected chi connectivity index (χ0v) is 15.9. The summed E-state index contributed by atoms with van der Waals surface area (Å²) in [5.74, 6) is 2.85. The Hall–Kier alpha value is 1.53. The molecule has 0 aliphatic heterocycles. The van der Waals surface area contributed by atoms with E-state index in [1.807, 2.05) is 0 Å². The Balaban J connectivity index is 0. The fourth-order valence-electron chi connectivity index (χ4n) is 1.98. The molecule has 0 saturated heterocycles. The molecule has 0 fully saturated rings. The number of hydrogen-bond donors (Lipinski definition) is 0. The first-order valence-electron chi connectivity index (χ1n) is 5.75. The van der Waals surface area contributed by atoms with Crippen LogP contribution in [-0.4, -0.2) is 19.8 Å². The third kappa shape index (κ3) is 11.6. The van der Waals surface area contributed by atoms with E-state index < -0.39 is 19.8 Å². The minimum Gasteiger partial charge on any atom is -0.107 e. The van der Waals surface area contributed by atoms with Crippen molar-refractivity contribution in [3.63, 3.8) is 0 Å². The van der Waals surface area contributed by atoms with Crippen LogP contribution >= 0.6 is 24.0 Å². The third-order valence-corrected chi connectivity index (χ3v) is 14.0. The second kappa shape index (κ2) is 9.73. The zero-order valence-electron chi connectivity index (χ0n) is 10.8. The molecule has 0 N–H and O–H groups in total. The Morgan fingerprint density at radius 3 is 1.00 bits per heavy atom. The molecule has 1 radical (unpaired) electrons. The van der Waals surface area contributed by atoms with Crippen LogP contribution in [0, 0.1) is 17.8 Å². The van der Waals surface area contributed by atoms with Crippen molar-refractivity contribution in [2.24, 2.45) is 17.8 Å². The summed E-state index contributed by atoms with van der Waals surface area (Å²) in [5, 5.41) is 0. The van der Waals surface area contributed by atoms with Crippen molar-refractivity contribution in [3.05, 3.63) is 0 Å². The van der Waals surface area contributed by atoms with Crippen molar-refractivity contribution in [2.75, 3.05) is 0 Å². The number of hydrogen-bond acceptors (Lipinski definition) is 0. The van der Waals surface area contributed by atoms with E-state index in [1.165, 1.54) is 0 Å². The third-order valence-electron chi connectivity index (χ3n) is 2.09. The zero-order chi connectivity index (χ0) is 10.4. The van der Waals surface area contributed by atoms with Gasteiger partial charge in [0.05, 0.1) is 0 Å². The molecule has 14 heavy (non-hydrogen) atoms. The molecule has 0 aliphatic rings. The molecule has 87 valence electrons. The van der Waals surface area contributed by atoms with Gasteiger partial charge in [-0.05, 0) is 0 Å². The molecule has 2 heteroatoms. The smallest absolute Gasteiger partial charge is 0.107 e.